The molecule has 0 spiro atoms. The predicted octanol–water partition coefficient (Wildman–Crippen LogP) is 3.96. The number of rotatable bonds is 3. The number of amides is 1. The third kappa shape index (κ3) is 3.42. The average Bonchev–Trinajstić information content (AvgIpc) is 2.52. The van der Waals surface area contributed by atoms with Crippen LogP contribution >= 0.6 is 23.2 Å². The number of halogens is 2. The lowest BCUT2D eigenvalue weighted by Crippen LogP contribution is -2.36. The number of hydrazine groups is 1. The molecule has 1 aliphatic carbocycles. The number of hydrogen-bond donors (Lipinski definition) is 2. The zero-order chi connectivity index (χ0) is 15.5. The number of nitrogens with zero attached hydrogens (tertiary/aromatic N) is 2. The Hall–Kier alpha value is -1.59. The van der Waals surface area contributed by atoms with Gasteiger partial charge in [-0.15, -0.1) is 0 Å². The minimum atomic E-state index is -0.00320. The molecular formula is C15H16Cl2N4O. The maximum Gasteiger partial charge on any atom is 0.241 e. The third-order valence-electron chi connectivity index (χ3n) is 3.91. The Kier molecular flexibility index (Phi) is 4.64. The molecule has 3 rings (SSSR count). The molecule has 2 aromatic rings. The highest BCUT2D eigenvalue weighted by molar-refractivity contribution is 6.31. The van der Waals surface area contributed by atoms with Crippen LogP contribution in [-0.4, -0.2) is 15.9 Å². The Bertz CT molecular complexity index is 696. The predicted molar refractivity (Wildman–Crippen MR) is 87.9 cm³/mol. The molecule has 0 aliphatic heterocycles. The number of fused-ring (bicyclic) bond motifs is 1. The fourth-order valence-electron chi connectivity index (χ4n) is 2.76. The number of nitrogens with one attached hydrogen (secondary N) is 2. The van der Waals surface area contributed by atoms with Crippen molar-refractivity contribution in [3.8, 4) is 0 Å². The Morgan fingerprint density at radius 1 is 1.14 bits per heavy atom. The second-order valence-corrected chi connectivity index (χ2v) is 6.23. The maximum absolute atomic E-state index is 12.2. The van der Waals surface area contributed by atoms with Gasteiger partial charge in [-0.2, -0.15) is 4.98 Å². The molecule has 5 nitrogen and oxygen atoms in total. The molecule has 0 saturated heterocycles. The van der Waals surface area contributed by atoms with E-state index in [1.165, 1.54) is 6.42 Å². The number of anilines is 1. The normalized spacial score (nSPS) is 15.7. The second kappa shape index (κ2) is 6.67. The van der Waals surface area contributed by atoms with E-state index >= 15 is 0 Å². The lowest BCUT2D eigenvalue weighted by molar-refractivity contribution is -0.125. The largest absolute Gasteiger partial charge is 0.281 e. The van der Waals surface area contributed by atoms with Crippen LogP contribution in [0, 0.1) is 5.92 Å². The fourth-order valence-corrected chi connectivity index (χ4v) is 3.10. The molecule has 1 fully saturated rings. The molecular weight excluding hydrogens is 323 g/mol. The number of carbonyl (C=O) groups is 1. The van der Waals surface area contributed by atoms with E-state index in [9.17, 15) is 4.79 Å². The van der Waals surface area contributed by atoms with E-state index in [0.717, 1.165) is 31.1 Å². The molecule has 1 aliphatic rings. The summed E-state index contributed by atoms with van der Waals surface area (Å²) in [5.41, 5.74) is 6.23. The van der Waals surface area contributed by atoms with Crippen LogP contribution in [0.3, 0.4) is 0 Å². The van der Waals surface area contributed by atoms with Crippen molar-refractivity contribution in [3.63, 3.8) is 0 Å². The summed E-state index contributed by atoms with van der Waals surface area (Å²) in [5, 5.41) is 1.42. The first kappa shape index (κ1) is 15.3. The molecule has 1 aromatic heterocycles. The van der Waals surface area contributed by atoms with Crippen LogP contribution in [0.25, 0.3) is 10.9 Å². The first-order chi connectivity index (χ1) is 10.6. The van der Waals surface area contributed by atoms with Gasteiger partial charge in [-0.25, -0.2) is 4.98 Å². The summed E-state index contributed by atoms with van der Waals surface area (Å²) in [4.78, 5) is 20.4. The number of aromatic nitrogens is 2. The Labute approximate surface area is 138 Å². The Morgan fingerprint density at radius 3 is 2.68 bits per heavy atom. The summed E-state index contributed by atoms with van der Waals surface area (Å²) in [5.74, 6) is 0.534. The molecule has 1 amide bonds. The van der Waals surface area contributed by atoms with E-state index in [4.69, 9.17) is 23.2 Å². The number of carbonyl (C=O) groups excluding carboxylic acids is 1. The fraction of sp³-hybridized carbons (Fsp3) is 0.400. The van der Waals surface area contributed by atoms with E-state index in [2.05, 4.69) is 20.8 Å². The summed E-state index contributed by atoms with van der Waals surface area (Å²) in [6.45, 7) is 0. The Morgan fingerprint density at radius 2 is 1.91 bits per heavy atom. The highest BCUT2D eigenvalue weighted by Crippen LogP contribution is 2.26. The minimum Gasteiger partial charge on any atom is -0.281 e. The summed E-state index contributed by atoms with van der Waals surface area (Å²) in [6.07, 6.45) is 5.31. The van der Waals surface area contributed by atoms with Gasteiger partial charge in [0.25, 0.3) is 0 Å². The van der Waals surface area contributed by atoms with Crippen molar-refractivity contribution in [1.29, 1.82) is 0 Å². The van der Waals surface area contributed by atoms with Crippen LogP contribution in [-0.2, 0) is 4.79 Å². The molecule has 22 heavy (non-hydrogen) atoms. The molecule has 0 unspecified atom stereocenters. The monoisotopic (exact) mass is 338 g/mol. The highest BCUT2D eigenvalue weighted by atomic mass is 35.5. The number of benzene rings is 1. The number of hydrogen-bond acceptors (Lipinski definition) is 4. The van der Waals surface area contributed by atoms with E-state index in [1.54, 1.807) is 18.2 Å². The SMILES string of the molecule is O=C(NNc1nc(Cl)nc2cc(Cl)ccc12)C1CCCCC1. The van der Waals surface area contributed by atoms with Crippen LogP contribution < -0.4 is 10.9 Å². The van der Waals surface area contributed by atoms with Gasteiger partial charge in [0.2, 0.25) is 11.2 Å². The van der Waals surface area contributed by atoms with Gasteiger partial charge in [0, 0.05) is 16.3 Å². The van der Waals surface area contributed by atoms with E-state index in [-0.39, 0.29) is 17.1 Å². The highest BCUT2D eigenvalue weighted by Gasteiger charge is 2.21. The van der Waals surface area contributed by atoms with Crippen LogP contribution in [0.15, 0.2) is 18.2 Å². The topological polar surface area (TPSA) is 66.9 Å². The van der Waals surface area contributed by atoms with E-state index in [1.807, 2.05) is 0 Å². The van der Waals surface area contributed by atoms with Gasteiger partial charge in [0.05, 0.1) is 5.52 Å². The van der Waals surface area contributed by atoms with Crippen LogP contribution in [0.2, 0.25) is 10.3 Å². The molecule has 116 valence electrons. The quantitative estimate of drug-likeness (QED) is 0.656. The van der Waals surface area contributed by atoms with Gasteiger partial charge in [0.15, 0.2) is 5.82 Å². The lowest BCUT2D eigenvalue weighted by atomic mass is 9.89. The van der Waals surface area contributed by atoms with E-state index in [0.29, 0.717) is 16.4 Å². The minimum absolute atomic E-state index is 0.00320. The first-order valence-electron chi connectivity index (χ1n) is 7.32. The molecule has 1 saturated carbocycles. The molecule has 1 heterocycles. The summed E-state index contributed by atoms with van der Waals surface area (Å²) in [7, 11) is 0. The smallest absolute Gasteiger partial charge is 0.241 e. The van der Waals surface area contributed by atoms with Crippen molar-refractivity contribution in [2.75, 3.05) is 5.43 Å². The van der Waals surface area contributed by atoms with Crippen molar-refractivity contribution < 1.29 is 4.79 Å². The van der Waals surface area contributed by atoms with Gasteiger partial charge in [-0.3, -0.25) is 15.6 Å². The molecule has 0 atom stereocenters. The van der Waals surface area contributed by atoms with Crippen molar-refractivity contribution in [1.82, 2.24) is 15.4 Å². The molecule has 1 aromatic carbocycles. The zero-order valence-corrected chi connectivity index (χ0v) is 13.4. The maximum atomic E-state index is 12.2. The summed E-state index contributed by atoms with van der Waals surface area (Å²) < 4.78 is 0. The third-order valence-corrected chi connectivity index (χ3v) is 4.32. The Balaban J connectivity index is 1.77. The molecule has 2 N–H and O–H groups in total. The van der Waals surface area contributed by atoms with Gasteiger partial charge in [-0.1, -0.05) is 30.9 Å². The van der Waals surface area contributed by atoms with Crippen molar-refractivity contribution >= 4 is 45.8 Å². The van der Waals surface area contributed by atoms with Gasteiger partial charge >= 0.3 is 0 Å². The summed E-state index contributed by atoms with van der Waals surface area (Å²) >= 11 is 11.9. The van der Waals surface area contributed by atoms with Gasteiger partial charge in [0.1, 0.15) is 0 Å². The van der Waals surface area contributed by atoms with E-state index < -0.39 is 0 Å². The van der Waals surface area contributed by atoms with Crippen LogP contribution in [0.4, 0.5) is 5.82 Å². The van der Waals surface area contributed by atoms with Crippen LogP contribution in [0.5, 0.6) is 0 Å². The molecule has 0 radical (unpaired) electrons. The standard InChI is InChI=1S/C15H16Cl2N4O/c16-10-6-7-11-12(8-10)18-15(17)19-13(11)20-21-14(22)9-4-2-1-3-5-9/h6-9H,1-5H2,(H,21,22)(H,18,19,20). The van der Waals surface area contributed by atoms with Crippen molar-refractivity contribution in [3.05, 3.63) is 28.5 Å². The van der Waals surface area contributed by atoms with Crippen molar-refractivity contribution in [2.45, 2.75) is 32.1 Å². The second-order valence-electron chi connectivity index (χ2n) is 5.45. The zero-order valence-electron chi connectivity index (χ0n) is 11.9. The van der Waals surface area contributed by atoms with Crippen molar-refractivity contribution in [2.24, 2.45) is 5.92 Å². The first-order valence-corrected chi connectivity index (χ1v) is 8.08. The average molecular weight is 339 g/mol. The molecule has 0 bridgehead atoms. The van der Waals surface area contributed by atoms with Gasteiger partial charge < -0.3 is 0 Å². The molecule has 7 heteroatoms. The van der Waals surface area contributed by atoms with Crippen LogP contribution in [0.1, 0.15) is 32.1 Å². The lowest BCUT2D eigenvalue weighted by Gasteiger charge is -2.21. The van der Waals surface area contributed by atoms with Gasteiger partial charge in [-0.05, 0) is 42.6 Å². The summed E-state index contributed by atoms with van der Waals surface area (Å²) in [6, 6.07) is 5.25.